The predicted molar refractivity (Wildman–Crippen MR) is 80.9 cm³/mol. The first kappa shape index (κ1) is 12.9. The molecule has 2 heterocycles. The summed E-state index contributed by atoms with van der Waals surface area (Å²) >= 11 is 0. The van der Waals surface area contributed by atoms with Crippen molar-refractivity contribution >= 4 is 22.2 Å². The summed E-state index contributed by atoms with van der Waals surface area (Å²) < 4.78 is 1.89. The third-order valence-electron chi connectivity index (χ3n) is 4.39. The van der Waals surface area contributed by atoms with Gasteiger partial charge < -0.3 is 9.67 Å². The monoisotopic (exact) mass is 269 g/mol. The topological polar surface area (TPSA) is 61.4 Å². The standard InChI is InChI=1S/C16H19N3O/c1-8-6-11-9(2)7-16(4,5)19-14(11)12(10(8)3)13(18-17)15(19)20/h6-7,17,20H,1-5H3. The molecule has 2 aromatic rings. The quantitative estimate of drug-likeness (QED) is 0.719. The van der Waals surface area contributed by atoms with Gasteiger partial charge in [-0.2, -0.15) is 5.11 Å². The Bertz CT molecular complexity index is 794. The van der Waals surface area contributed by atoms with Crippen LogP contribution in [-0.4, -0.2) is 9.67 Å². The van der Waals surface area contributed by atoms with E-state index in [1.54, 1.807) is 0 Å². The minimum atomic E-state index is -0.329. The molecule has 1 aromatic heterocycles. The van der Waals surface area contributed by atoms with Crippen LogP contribution < -0.4 is 0 Å². The van der Waals surface area contributed by atoms with Crippen LogP contribution in [0.5, 0.6) is 5.88 Å². The number of benzene rings is 1. The van der Waals surface area contributed by atoms with Crippen LogP contribution in [0, 0.1) is 19.4 Å². The summed E-state index contributed by atoms with van der Waals surface area (Å²) in [5.74, 6) is 0.0821. The lowest BCUT2D eigenvalue weighted by molar-refractivity contribution is 0.362. The summed E-state index contributed by atoms with van der Waals surface area (Å²) in [4.78, 5) is 0. The molecule has 1 aliphatic heterocycles. The third-order valence-corrected chi connectivity index (χ3v) is 4.39. The van der Waals surface area contributed by atoms with E-state index in [1.165, 1.54) is 5.57 Å². The van der Waals surface area contributed by atoms with Crippen molar-refractivity contribution < 1.29 is 5.11 Å². The number of nitrogens with zero attached hydrogens (tertiary/aromatic N) is 2. The number of aromatic nitrogens is 1. The van der Waals surface area contributed by atoms with Crippen LogP contribution in [0.25, 0.3) is 16.5 Å². The van der Waals surface area contributed by atoms with Crippen LogP contribution in [0.15, 0.2) is 17.3 Å². The first-order valence-corrected chi connectivity index (χ1v) is 6.75. The molecule has 104 valence electrons. The Morgan fingerprint density at radius 3 is 2.50 bits per heavy atom. The number of rotatable bonds is 1. The van der Waals surface area contributed by atoms with Gasteiger partial charge in [-0.25, -0.2) is 5.53 Å². The molecule has 0 aliphatic carbocycles. The van der Waals surface area contributed by atoms with E-state index < -0.39 is 0 Å². The zero-order valence-corrected chi connectivity index (χ0v) is 12.5. The average molecular weight is 269 g/mol. The van der Waals surface area contributed by atoms with Gasteiger partial charge in [0.15, 0.2) is 5.69 Å². The van der Waals surface area contributed by atoms with Crippen molar-refractivity contribution in [3.05, 3.63) is 28.8 Å². The number of hydrogen-bond donors (Lipinski definition) is 2. The second kappa shape index (κ2) is 3.72. The van der Waals surface area contributed by atoms with Crippen molar-refractivity contribution in [3.8, 4) is 5.88 Å². The number of aryl methyl sites for hydroxylation is 2. The van der Waals surface area contributed by atoms with Crippen LogP contribution in [0.4, 0.5) is 5.69 Å². The number of hydrogen-bond acceptors (Lipinski definition) is 3. The van der Waals surface area contributed by atoms with Crippen LogP contribution in [0.1, 0.15) is 37.5 Å². The van der Waals surface area contributed by atoms with Crippen LogP contribution in [-0.2, 0) is 5.54 Å². The van der Waals surface area contributed by atoms with Crippen molar-refractivity contribution in [3.63, 3.8) is 0 Å². The van der Waals surface area contributed by atoms with Crippen LogP contribution in [0.2, 0.25) is 0 Å². The largest absolute Gasteiger partial charge is 0.493 e. The number of aromatic hydroxyl groups is 1. The second-order valence-corrected chi connectivity index (χ2v) is 6.19. The second-order valence-electron chi connectivity index (χ2n) is 6.19. The molecular formula is C16H19N3O. The van der Waals surface area contributed by atoms with Crippen LogP contribution in [0.3, 0.4) is 0 Å². The lowest BCUT2D eigenvalue weighted by Crippen LogP contribution is -2.26. The van der Waals surface area contributed by atoms with Gasteiger partial charge in [0.1, 0.15) is 0 Å². The van der Waals surface area contributed by atoms with Gasteiger partial charge in [0.05, 0.1) is 11.1 Å². The molecule has 1 aliphatic rings. The van der Waals surface area contributed by atoms with E-state index in [4.69, 9.17) is 5.53 Å². The van der Waals surface area contributed by atoms with Gasteiger partial charge in [0, 0.05) is 10.9 Å². The lowest BCUT2D eigenvalue weighted by Gasteiger charge is -2.31. The molecule has 2 N–H and O–H groups in total. The van der Waals surface area contributed by atoms with Gasteiger partial charge in [-0.15, -0.1) is 0 Å². The normalized spacial score (nSPS) is 16.4. The van der Waals surface area contributed by atoms with E-state index in [-0.39, 0.29) is 11.4 Å². The molecule has 0 radical (unpaired) electrons. The van der Waals surface area contributed by atoms with Crippen molar-refractivity contribution in [2.24, 2.45) is 5.11 Å². The molecule has 0 unspecified atom stereocenters. The molecular weight excluding hydrogens is 250 g/mol. The highest BCUT2D eigenvalue weighted by Crippen LogP contribution is 2.49. The molecule has 4 nitrogen and oxygen atoms in total. The lowest BCUT2D eigenvalue weighted by atomic mass is 9.89. The first-order chi connectivity index (χ1) is 9.29. The van der Waals surface area contributed by atoms with Gasteiger partial charge in [0.25, 0.3) is 0 Å². The number of nitrogens with one attached hydrogen (secondary N) is 1. The first-order valence-electron chi connectivity index (χ1n) is 6.75. The zero-order valence-electron chi connectivity index (χ0n) is 12.5. The van der Waals surface area contributed by atoms with E-state index in [0.717, 1.165) is 27.6 Å². The zero-order chi connectivity index (χ0) is 14.8. The van der Waals surface area contributed by atoms with E-state index in [9.17, 15) is 5.11 Å². The molecule has 0 atom stereocenters. The van der Waals surface area contributed by atoms with Gasteiger partial charge in [0.2, 0.25) is 5.88 Å². The van der Waals surface area contributed by atoms with E-state index in [1.807, 2.05) is 11.5 Å². The molecule has 3 rings (SSSR count). The fraction of sp³-hybridized carbons (Fsp3) is 0.375. The Balaban J connectivity index is 2.66. The Kier molecular flexibility index (Phi) is 2.40. The maximum atomic E-state index is 10.5. The maximum absolute atomic E-state index is 10.5. The SMILES string of the molecule is CC1=CC(C)(C)n2c(O)c(N=N)c3c(C)c(C)cc1c32. The molecule has 0 amide bonds. The Hall–Kier alpha value is -2.10. The molecule has 0 saturated carbocycles. The minimum absolute atomic E-state index is 0.0821. The van der Waals surface area contributed by atoms with E-state index >= 15 is 0 Å². The van der Waals surface area contributed by atoms with E-state index in [0.29, 0.717) is 5.69 Å². The molecule has 20 heavy (non-hydrogen) atoms. The fourth-order valence-electron chi connectivity index (χ4n) is 3.39. The summed E-state index contributed by atoms with van der Waals surface area (Å²) in [7, 11) is 0. The Morgan fingerprint density at radius 2 is 1.90 bits per heavy atom. The highest BCUT2D eigenvalue weighted by Gasteiger charge is 2.33. The summed E-state index contributed by atoms with van der Waals surface area (Å²) in [6, 6.07) is 2.16. The minimum Gasteiger partial charge on any atom is -0.493 e. The summed E-state index contributed by atoms with van der Waals surface area (Å²) in [5, 5.41) is 15.0. The van der Waals surface area contributed by atoms with Gasteiger partial charge in [-0.1, -0.05) is 6.08 Å². The molecule has 0 fully saturated rings. The highest BCUT2D eigenvalue weighted by atomic mass is 16.3. The maximum Gasteiger partial charge on any atom is 0.221 e. The Morgan fingerprint density at radius 1 is 1.25 bits per heavy atom. The molecule has 0 bridgehead atoms. The van der Waals surface area contributed by atoms with Crippen molar-refractivity contribution in [1.29, 1.82) is 5.53 Å². The third kappa shape index (κ3) is 1.36. The van der Waals surface area contributed by atoms with Gasteiger partial charge in [-0.3, -0.25) is 0 Å². The van der Waals surface area contributed by atoms with Crippen molar-refractivity contribution in [1.82, 2.24) is 4.57 Å². The van der Waals surface area contributed by atoms with Gasteiger partial charge >= 0.3 is 0 Å². The predicted octanol–water partition coefficient (Wildman–Crippen LogP) is 4.78. The molecule has 0 spiro atoms. The summed E-state index contributed by atoms with van der Waals surface area (Å²) in [6.07, 6.45) is 2.15. The van der Waals surface area contributed by atoms with Crippen molar-refractivity contribution in [2.75, 3.05) is 0 Å². The average Bonchev–Trinajstić information content (AvgIpc) is 2.65. The molecule has 1 aromatic carbocycles. The van der Waals surface area contributed by atoms with Crippen molar-refractivity contribution in [2.45, 2.75) is 40.2 Å². The molecule has 4 heteroatoms. The van der Waals surface area contributed by atoms with Gasteiger partial charge in [-0.05, 0) is 57.4 Å². The fourth-order valence-corrected chi connectivity index (χ4v) is 3.39. The summed E-state index contributed by atoms with van der Waals surface area (Å²) in [6.45, 7) is 10.3. The van der Waals surface area contributed by atoms with E-state index in [2.05, 4.69) is 45.0 Å². The van der Waals surface area contributed by atoms with Crippen LogP contribution >= 0.6 is 0 Å². The Labute approximate surface area is 118 Å². The molecule has 0 saturated heterocycles. The highest BCUT2D eigenvalue weighted by molar-refractivity contribution is 6.05. The smallest absolute Gasteiger partial charge is 0.221 e. The summed E-state index contributed by atoms with van der Waals surface area (Å²) in [5.41, 5.74) is 13.0. The number of allylic oxidation sites excluding steroid dienone is 2.